The molecule has 0 radical (unpaired) electrons. The maximum absolute atomic E-state index is 12.2. The van der Waals surface area contributed by atoms with Crippen molar-refractivity contribution in [1.29, 1.82) is 0 Å². The number of rotatable bonds is 11. The van der Waals surface area contributed by atoms with E-state index in [2.05, 4.69) is 22.2 Å². The molecule has 1 fully saturated rings. The Bertz CT molecular complexity index is 1020. The van der Waals surface area contributed by atoms with Crippen molar-refractivity contribution >= 4 is 22.0 Å². The molecule has 0 bridgehead atoms. The molecule has 0 aromatic heterocycles. The lowest BCUT2D eigenvalue weighted by atomic mass is 10.1. The van der Waals surface area contributed by atoms with Crippen LogP contribution in [-0.2, 0) is 21.2 Å². The fraction of sp³-hybridized carbons (Fsp3) is 0.400. The van der Waals surface area contributed by atoms with Crippen LogP contribution in [0, 0.1) is 0 Å². The van der Waals surface area contributed by atoms with Crippen molar-refractivity contribution in [2.75, 3.05) is 0 Å². The lowest BCUT2D eigenvalue weighted by Gasteiger charge is -2.13. The predicted molar refractivity (Wildman–Crippen MR) is 127 cm³/mol. The molecule has 0 spiro atoms. The van der Waals surface area contributed by atoms with E-state index in [0.29, 0.717) is 0 Å². The summed E-state index contributed by atoms with van der Waals surface area (Å²) in [6, 6.07) is 14.7. The second-order valence-electron chi connectivity index (χ2n) is 8.56. The van der Waals surface area contributed by atoms with Gasteiger partial charge in [0.25, 0.3) is 0 Å². The van der Waals surface area contributed by atoms with Crippen molar-refractivity contribution in [1.82, 2.24) is 10.0 Å². The zero-order valence-electron chi connectivity index (χ0n) is 18.9. The van der Waals surface area contributed by atoms with Crippen LogP contribution in [0.25, 0.3) is 6.08 Å². The Morgan fingerprint density at radius 3 is 2.31 bits per heavy atom. The molecule has 3 rings (SSSR count). The van der Waals surface area contributed by atoms with Gasteiger partial charge in [0.1, 0.15) is 5.75 Å². The average molecular weight is 457 g/mol. The fourth-order valence-electron chi connectivity index (χ4n) is 3.17. The van der Waals surface area contributed by atoms with Crippen LogP contribution in [0.5, 0.6) is 5.75 Å². The van der Waals surface area contributed by atoms with Gasteiger partial charge in [0, 0.05) is 18.2 Å². The van der Waals surface area contributed by atoms with Gasteiger partial charge in [-0.15, -0.1) is 0 Å². The van der Waals surface area contributed by atoms with Gasteiger partial charge in [0.2, 0.25) is 15.9 Å². The third kappa shape index (κ3) is 7.80. The molecule has 1 amide bonds. The standard InChI is InChI=1S/C25H32N2O4S/c1-18(2)31-23-13-6-20(7-14-23)5-4-19(3)26-25(28)17-10-21-8-15-24(16-9-21)32(29,30)27-22-11-12-22/h6-10,13-19,22,27H,4-5,11-12H2,1-3H3,(H,26,28)/b17-10+. The van der Waals surface area contributed by atoms with Crippen molar-refractivity contribution in [2.45, 2.75) is 69.5 Å². The van der Waals surface area contributed by atoms with Crippen LogP contribution in [0.3, 0.4) is 0 Å². The van der Waals surface area contributed by atoms with Gasteiger partial charge in [-0.25, -0.2) is 13.1 Å². The molecule has 1 atom stereocenters. The first-order chi connectivity index (χ1) is 15.2. The average Bonchev–Trinajstić information content (AvgIpc) is 3.55. The van der Waals surface area contributed by atoms with E-state index in [0.717, 1.165) is 37.0 Å². The van der Waals surface area contributed by atoms with Crippen LogP contribution in [0.4, 0.5) is 0 Å². The molecule has 0 aliphatic heterocycles. The van der Waals surface area contributed by atoms with Crippen molar-refractivity contribution < 1.29 is 17.9 Å². The highest BCUT2D eigenvalue weighted by molar-refractivity contribution is 7.89. The van der Waals surface area contributed by atoms with Crippen molar-refractivity contribution in [3.8, 4) is 5.75 Å². The van der Waals surface area contributed by atoms with E-state index in [4.69, 9.17) is 4.74 Å². The summed E-state index contributed by atoms with van der Waals surface area (Å²) >= 11 is 0. The number of nitrogens with one attached hydrogen (secondary N) is 2. The molecule has 1 aliphatic carbocycles. The Kier molecular flexibility index (Phi) is 8.10. The van der Waals surface area contributed by atoms with Crippen LogP contribution in [0.2, 0.25) is 0 Å². The number of sulfonamides is 1. The first-order valence-corrected chi connectivity index (χ1v) is 12.6. The smallest absolute Gasteiger partial charge is 0.244 e. The highest BCUT2D eigenvalue weighted by Gasteiger charge is 2.27. The number of ether oxygens (including phenoxy) is 1. The van der Waals surface area contributed by atoms with Crippen LogP contribution in [-0.4, -0.2) is 32.5 Å². The first-order valence-electron chi connectivity index (χ1n) is 11.1. The Morgan fingerprint density at radius 1 is 1.06 bits per heavy atom. The number of hydrogen-bond donors (Lipinski definition) is 2. The van der Waals surface area contributed by atoms with E-state index in [-0.39, 0.29) is 29.0 Å². The molecule has 1 aliphatic rings. The highest BCUT2D eigenvalue weighted by Crippen LogP contribution is 2.22. The Balaban J connectivity index is 1.44. The second-order valence-corrected chi connectivity index (χ2v) is 10.3. The lowest BCUT2D eigenvalue weighted by Crippen LogP contribution is -2.31. The van der Waals surface area contributed by atoms with Crippen molar-refractivity contribution in [3.63, 3.8) is 0 Å². The Hall–Kier alpha value is -2.64. The molecule has 172 valence electrons. The summed E-state index contributed by atoms with van der Waals surface area (Å²) in [4.78, 5) is 12.5. The molecule has 6 nitrogen and oxygen atoms in total. The summed E-state index contributed by atoms with van der Waals surface area (Å²) in [7, 11) is -3.46. The number of benzene rings is 2. The van der Waals surface area contributed by atoms with E-state index in [1.54, 1.807) is 30.3 Å². The van der Waals surface area contributed by atoms with Gasteiger partial charge in [-0.1, -0.05) is 24.3 Å². The van der Waals surface area contributed by atoms with Gasteiger partial charge < -0.3 is 10.1 Å². The molecular formula is C25H32N2O4S. The monoisotopic (exact) mass is 456 g/mol. The summed E-state index contributed by atoms with van der Waals surface area (Å²) < 4.78 is 32.7. The minimum atomic E-state index is -3.46. The molecule has 7 heteroatoms. The Labute approximate surface area is 191 Å². The van der Waals surface area contributed by atoms with E-state index in [1.165, 1.54) is 11.6 Å². The molecule has 1 unspecified atom stereocenters. The van der Waals surface area contributed by atoms with Crippen LogP contribution >= 0.6 is 0 Å². The maximum atomic E-state index is 12.2. The largest absolute Gasteiger partial charge is 0.491 e. The first kappa shape index (κ1) is 24.0. The number of aryl methyl sites for hydroxylation is 1. The number of carbonyl (C=O) groups excluding carboxylic acids is 1. The zero-order valence-corrected chi connectivity index (χ0v) is 19.7. The van der Waals surface area contributed by atoms with Gasteiger partial charge in [0.15, 0.2) is 0 Å². The lowest BCUT2D eigenvalue weighted by molar-refractivity contribution is -0.117. The zero-order chi connectivity index (χ0) is 23.1. The molecule has 2 aromatic rings. The third-order valence-corrected chi connectivity index (χ3v) is 6.60. The minimum absolute atomic E-state index is 0.0276. The van der Waals surface area contributed by atoms with Gasteiger partial charge in [0.05, 0.1) is 11.0 Å². The van der Waals surface area contributed by atoms with Crippen molar-refractivity contribution in [3.05, 3.63) is 65.7 Å². The van der Waals surface area contributed by atoms with E-state index in [1.807, 2.05) is 32.9 Å². The maximum Gasteiger partial charge on any atom is 0.244 e. The number of carbonyl (C=O) groups is 1. The number of hydrogen-bond acceptors (Lipinski definition) is 4. The minimum Gasteiger partial charge on any atom is -0.491 e. The Morgan fingerprint density at radius 2 is 1.72 bits per heavy atom. The SMILES string of the molecule is CC(CCc1ccc(OC(C)C)cc1)NC(=O)/C=C/c1ccc(S(=O)(=O)NC2CC2)cc1. The summed E-state index contributed by atoms with van der Waals surface area (Å²) in [5.74, 6) is 0.685. The van der Waals surface area contributed by atoms with Gasteiger partial charge >= 0.3 is 0 Å². The number of amides is 1. The van der Waals surface area contributed by atoms with Gasteiger partial charge in [-0.2, -0.15) is 0 Å². The quantitative estimate of drug-likeness (QED) is 0.499. The summed E-state index contributed by atoms with van der Waals surface area (Å²) in [5, 5.41) is 2.97. The van der Waals surface area contributed by atoms with Crippen LogP contribution in [0.1, 0.15) is 51.2 Å². The molecule has 1 saturated carbocycles. The van der Waals surface area contributed by atoms with E-state index < -0.39 is 10.0 Å². The van der Waals surface area contributed by atoms with Crippen LogP contribution < -0.4 is 14.8 Å². The van der Waals surface area contributed by atoms with Crippen molar-refractivity contribution in [2.24, 2.45) is 0 Å². The van der Waals surface area contributed by atoms with E-state index in [9.17, 15) is 13.2 Å². The fourth-order valence-corrected chi connectivity index (χ4v) is 4.48. The topological polar surface area (TPSA) is 84.5 Å². The molecule has 0 saturated heterocycles. The molecular weight excluding hydrogens is 424 g/mol. The van der Waals surface area contributed by atoms with Gasteiger partial charge in [-0.05, 0) is 87.9 Å². The summed E-state index contributed by atoms with van der Waals surface area (Å²) in [5.41, 5.74) is 1.96. The molecule has 2 N–H and O–H groups in total. The molecule has 32 heavy (non-hydrogen) atoms. The summed E-state index contributed by atoms with van der Waals surface area (Å²) in [6.07, 6.45) is 6.78. The third-order valence-electron chi connectivity index (χ3n) is 5.07. The predicted octanol–water partition coefficient (Wildman–Crippen LogP) is 4.07. The highest BCUT2D eigenvalue weighted by atomic mass is 32.2. The normalized spacial score (nSPS) is 15.1. The van der Waals surface area contributed by atoms with E-state index >= 15 is 0 Å². The van der Waals surface area contributed by atoms with Crippen LogP contribution in [0.15, 0.2) is 59.5 Å². The summed E-state index contributed by atoms with van der Waals surface area (Å²) in [6.45, 7) is 5.98. The second kappa shape index (κ2) is 10.8. The molecule has 0 heterocycles. The molecule has 2 aromatic carbocycles. The van der Waals surface area contributed by atoms with Gasteiger partial charge in [-0.3, -0.25) is 4.79 Å².